The van der Waals surface area contributed by atoms with Crippen LogP contribution in [-0.4, -0.2) is 18.8 Å². The number of ether oxygens (including phenoxy) is 1. The van der Waals surface area contributed by atoms with E-state index in [9.17, 15) is 5.11 Å². The van der Waals surface area contributed by atoms with Crippen molar-refractivity contribution in [3.05, 3.63) is 64.1 Å². The van der Waals surface area contributed by atoms with Crippen LogP contribution in [0.25, 0.3) is 0 Å². The highest BCUT2D eigenvalue weighted by Crippen LogP contribution is 2.17. The molecule has 0 bridgehead atoms. The summed E-state index contributed by atoms with van der Waals surface area (Å²) in [6, 6.07) is 15.6. The van der Waals surface area contributed by atoms with Gasteiger partial charge >= 0.3 is 0 Å². The minimum atomic E-state index is -0.509. The maximum absolute atomic E-state index is 10.1. The summed E-state index contributed by atoms with van der Waals surface area (Å²) in [5.74, 6) is 0.850. The van der Waals surface area contributed by atoms with Gasteiger partial charge in [0.25, 0.3) is 0 Å². The second kappa shape index (κ2) is 7.43. The highest BCUT2D eigenvalue weighted by Gasteiger charge is 2.07. The van der Waals surface area contributed by atoms with Crippen molar-refractivity contribution < 1.29 is 9.84 Å². The molecule has 2 rings (SSSR count). The van der Waals surface area contributed by atoms with Crippen molar-refractivity contribution in [2.45, 2.75) is 12.6 Å². The van der Waals surface area contributed by atoms with Crippen molar-refractivity contribution in [1.29, 1.82) is 0 Å². The summed E-state index contributed by atoms with van der Waals surface area (Å²) in [6.45, 7) is 1.23. The normalized spacial score (nSPS) is 12.2. The van der Waals surface area contributed by atoms with E-state index in [4.69, 9.17) is 4.74 Å². The SMILES string of the molecule is COc1ccc(CNC[C@@H](O)c2cccc(Br)c2)cc1. The molecule has 4 heteroatoms. The van der Waals surface area contributed by atoms with E-state index >= 15 is 0 Å². The number of aliphatic hydroxyl groups is 1. The number of hydrogen-bond donors (Lipinski definition) is 2. The van der Waals surface area contributed by atoms with E-state index < -0.39 is 6.10 Å². The lowest BCUT2D eigenvalue weighted by Crippen LogP contribution is -2.21. The first-order valence-corrected chi connectivity index (χ1v) is 7.25. The third-order valence-electron chi connectivity index (χ3n) is 3.06. The molecule has 0 aliphatic heterocycles. The van der Waals surface area contributed by atoms with Crippen molar-refractivity contribution in [1.82, 2.24) is 5.32 Å². The summed E-state index contributed by atoms with van der Waals surface area (Å²) in [4.78, 5) is 0. The predicted molar refractivity (Wildman–Crippen MR) is 83.8 cm³/mol. The van der Waals surface area contributed by atoms with Crippen LogP contribution in [0.1, 0.15) is 17.2 Å². The number of halogens is 1. The molecule has 2 N–H and O–H groups in total. The zero-order valence-electron chi connectivity index (χ0n) is 11.3. The van der Waals surface area contributed by atoms with Gasteiger partial charge in [0.2, 0.25) is 0 Å². The van der Waals surface area contributed by atoms with Gasteiger partial charge in [0.05, 0.1) is 13.2 Å². The topological polar surface area (TPSA) is 41.5 Å². The lowest BCUT2D eigenvalue weighted by atomic mass is 10.1. The van der Waals surface area contributed by atoms with E-state index in [-0.39, 0.29) is 0 Å². The zero-order valence-corrected chi connectivity index (χ0v) is 12.9. The Hall–Kier alpha value is -1.36. The van der Waals surface area contributed by atoms with Crippen LogP contribution < -0.4 is 10.1 Å². The largest absolute Gasteiger partial charge is 0.497 e. The average molecular weight is 336 g/mol. The Labute approximate surface area is 127 Å². The van der Waals surface area contributed by atoms with E-state index in [0.29, 0.717) is 6.54 Å². The molecule has 2 aromatic carbocycles. The highest BCUT2D eigenvalue weighted by molar-refractivity contribution is 9.10. The van der Waals surface area contributed by atoms with Crippen LogP contribution in [0.5, 0.6) is 5.75 Å². The third kappa shape index (κ3) is 4.34. The Morgan fingerprint density at radius 1 is 1.20 bits per heavy atom. The van der Waals surface area contributed by atoms with E-state index in [1.54, 1.807) is 7.11 Å². The predicted octanol–water partition coefficient (Wildman–Crippen LogP) is 3.28. The third-order valence-corrected chi connectivity index (χ3v) is 3.55. The summed E-state index contributed by atoms with van der Waals surface area (Å²) in [5.41, 5.74) is 2.06. The molecule has 20 heavy (non-hydrogen) atoms. The maximum atomic E-state index is 10.1. The Balaban J connectivity index is 1.82. The van der Waals surface area contributed by atoms with Gasteiger partial charge in [0.15, 0.2) is 0 Å². The summed E-state index contributed by atoms with van der Waals surface area (Å²) in [5, 5.41) is 13.4. The summed E-state index contributed by atoms with van der Waals surface area (Å²) >= 11 is 3.41. The molecule has 0 spiro atoms. The average Bonchev–Trinajstić information content (AvgIpc) is 2.48. The molecule has 0 radical (unpaired) electrons. The number of aliphatic hydroxyl groups excluding tert-OH is 1. The van der Waals surface area contributed by atoms with Crippen LogP contribution in [-0.2, 0) is 6.54 Å². The molecule has 0 saturated heterocycles. The molecule has 1 atom stereocenters. The van der Waals surface area contributed by atoms with Crippen LogP contribution in [0.15, 0.2) is 53.0 Å². The maximum Gasteiger partial charge on any atom is 0.118 e. The van der Waals surface area contributed by atoms with Crippen molar-refractivity contribution in [2.24, 2.45) is 0 Å². The van der Waals surface area contributed by atoms with Crippen molar-refractivity contribution in [3.8, 4) is 5.75 Å². The first-order valence-electron chi connectivity index (χ1n) is 6.46. The van der Waals surface area contributed by atoms with Gasteiger partial charge in [0.1, 0.15) is 5.75 Å². The zero-order chi connectivity index (χ0) is 14.4. The Morgan fingerprint density at radius 2 is 1.95 bits per heavy atom. The molecular weight excluding hydrogens is 318 g/mol. The van der Waals surface area contributed by atoms with E-state index in [2.05, 4.69) is 21.2 Å². The number of methoxy groups -OCH3 is 1. The van der Waals surface area contributed by atoms with Gasteiger partial charge in [-0.05, 0) is 35.4 Å². The molecule has 0 unspecified atom stereocenters. The van der Waals surface area contributed by atoms with Crippen LogP contribution in [0.2, 0.25) is 0 Å². The number of nitrogens with one attached hydrogen (secondary N) is 1. The lowest BCUT2D eigenvalue weighted by Gasteiger charge is -2.12. The molecular formula is C16H18BrNO2. The quantitative estimate of drug-likeness (QED) is 0.851. The number of benzene rings is 2. The van der Waals surface area contributed by atoms with Gasteiger partial charge in [-0.25, -0.2) is 0 Å². The molecule has 0 fully saturated rings. The van der Waals surface area contributed by atoms with Crippen LogP contribution in [0.3, 0.4) is 0 Å². The Morgan fingerprint density at radius 3 is 2.60 bits per heavy atom. The summed E-state index contributed by atoms with van der Waals surface area (Å²) in [7, 11) is 1.65. The van der Waals surface area contributed by atoms with Crippen molar-refractivity contribution >= 4 is 15.9 Å². The minimum Gasteiger partial charge on any atom is -0.497 e. The van der Waals surface area contributed by atoms with Crippen molar-refractivity contribution in [3.63, 3.8) is 0 Å². The summed E-state index contributed by atoms with van der Waals surface area (Å²) < 4.78 is 6.09. The second-order valence-corrected chi connectivity index (χ2v) is 5.47. The van der Waals surface area contributed by atoms with Gasteiger partial charge in [-0.2, -0.15) is 0 Å². The van der Waals surface area contributed by atoms with Gasteiger partial charge in [-0.1, -0.05) is 40.2 Å². The Bertz CT molecular complexity index is 542. The number of hydrogen-bond acceptors (Lipinski definition) is 3. The molecule has 0 saturated carbocycles. The molecule has 0 aliphatic rings. The lowest BCUT2D eigenvalue weighted by molar-refractivity contribution is 0.174. The fraction of sp³-hybridized carbons (Fsp3) is 0.250. The van der Waals surface area contributed by atoms with E-state index in [1.165, 1.54) is 0 Å². The van der Waals surface area contributed by atoms with E-state index in [0.717, 1.165) is 27.9 Å². The Kier molecular flexibility index (Phi) is 5.59. The number of rotatable bonds is 6. The monoisotopic (exact) mass is 335 g/mol. The molecule has 0 aromatic heterocycles. The standard InChI is InChI=1S/C16H18BrNO2/c1-20-15-7-5-12(6-8-15)10-18-11-16(19)13-3-2-4-14(17)9-13/h2-9,16,18-19H,10-11H2,1H3/t16-/m1/s1. The fourth-order valence-electron chi connectivity index (χ4n) is 1.93. The molecule has 3 nitrogen and oxygen atoms in total. The van der Waals surface area contributed by atoms with Gasteiger partial charge in [-0.15, -0.1) is 0 Å². The van der Waals surface area contributed by atoms with Crippen LogP contribution >= 0.6 is 15.9 Å². The van der Waals surface area contributed by atoms with Crippen LogP contribution in [0.4, 0.5) is 0 Å². The highest BCUT2D eigenvalue weighted by atomic mass is 79.9. The van der Waals surface area contributed by atoms with Gasteiger partial charge in [-0.3, -0.25) is 0 Å². The molecule has 0 heterocycles. The van der Waals surface area contributed by atoms with Crippen molar-refractivity contribution in [2.75, 3.05) is 13.7 Å². The molecule has 106 valence electrons. The van der Waals surface area contributed by atoms with Gasteiger partial charge in [0, 0.05) is 17.6 Å². The first-order chi connectivity index (χ1) is 9.69. The smallest absolute Gasteiger partial charge is 0.118 e. The molecule has 2 aromatic rings. The molecule has 0 aliphatic carbocycles. The van der Waals surface area contributed by atoms with Crippen LogP contribution in [0, 0.1) is 0 Å². The first kappa shape index (κ1) is 15.0. The minimum absolute atomic E-state index is 0.509. The fourth-order valence-corrected chi connectivity index (χ4v) is 2.35. The van der Waals surface area contributed by atoms with Gasteiger partial charge < -0.3 is 15.2 Å². The summed E-state index contributed by atoms with van der Waals surface area (Å²) in [6.07, 6.45) is -0.509. The van der Waals surface area contributed by atoms with E-state index in [1.807, 2.05) is 48.5 Å². The molecule has 0 amide bonds. The second-order valence-electron chi connectivity index (χ2n) is 4.55.